The van der Waals surface area contributed by atoms with E-state index in [-0.39, 0.29) is 24.7 Å². The molecule has 5 nitrogen and oxygen atoms in total. The molecular weight excluding hydrogens is 244 g/mol. The van der Waals surface area contributed by atoms with Crippen LogP contribution in [-0.4, -0.2) is 62.0 Å². The number of amides is 1. The van der Waals surface area contributed by atoms with E-state index in [4.69, 9.17) is 0 Å². The first-order chi connectivity index (χ1) is 9.13. The van der Waals surface area contributed by atoms with Gasteiger partial charge in [0.15, 0.2) is 0 Å². The van der Waals surface area contributed by atoms with Crippen LogP contribution in [0.2, 0.25) is 0 Å². The van der Waals surface area contributed by atoms with E-state index in [1.54, 1.807) is 11.9 Å². The lowest BCUT2D eigenvalue weighted by molar-refractivity contribution is -0.143. The van der Waals surface area contributed by atoms with Gasteiger partial charge in [-0.25, -0.2) is 0 Å². The van der Waals surface area contributed by atoms with E-state index in [1.807, 2.05) is 0 Å². The Kier molecular flexibility index (Phi) is 6.98. The van der Waals surface area contributed by atoms with Crippen molar-refractivity contribution in [1.29, 1.82) is 0 Å². The topological polar surface area (TPSA) is 49.9 Å². The van der Waals surface area contributed by atoms with Gasteiger partial charge in [-0.2, -0.15) is 0 Å². The van der Waals surface area contributed by atoms with Crippen molar-refractivity contribution >= 4 is 11.9 Å². The van der Waals surface area contributed by atoms with Crippen LogP contribution in [0.3, 0.4) is 0 Å². The highest BCUT2D eigenvalue weighted by Crippen LogP contribution is 2.05. The highest BCUT2D eigenvalue weighted by Gasteiger charge is 2.11. The van der Waals surface area contributed by atoms with Crippen LogP contribution in [0.1, 0.15) is 25.7 Å². The number of methoxy groups -OCH3 is 1. The number of ether oxygens (including phenoxy) is 1. The van der Waals surface area contributed by atoms with Gasteiger partial charge in [0.25, 0.3) is 0 Å². The van der Waals surface area contributed by atoms with Crippen molar-refractivity contribution in [2.75, 3.05) is 40.3 Å². The van der Waals surface area contributed by atoms with Crippen molar-refractivity contribution in [2.24, 2.45) is 0 Å². The van der Waals surface area contributed by atoms with Gasteiger partial charge in [-0.1, -0.05) is 11.8 Å². The van der Waals surface area contributed by atoms with E-state index in [9.17, 15) is 9.59 Å². The van der Waals surface area contributed by atoms with Crippen LogP contribution in [0, 0.1) is 11.8 Å². The Labute approximate surface area is 114 Å². The molecule has 1 fully saturated rings. The maximum Gasteiger partial charge on any atom is 0.306 e. The van der Waals surface area contributed by atoms with Crippen LogP contribution in [0.4, 0.5) is 0 Å². The summed E-state index contributed by atoms with van der Waals surface area (Å²) in [5.41, 5.74) is 0. The van der Waals surface area contributed by atoms with Gasteiger partial charge in [-0.15, -0.1) is 0 Å². The summed E-state index contributed by atoms with van der Waals surface area (Å²) in [7, 11) is 3.02. The lowest BCUT2D eigenvalue weighted by atomic mass is 10.3. The molecule has 0 saturated carbocycles. The Morgan fingerprint density at radius 2 is 1.89 bits per heavy atom. The molecule has 0 aromatic rings. The van der Waals surface area contributed by atoms with Crippen molar-refractivity contribution in [2.45, 2.75) is 25.7 Å². The summed E-state index contributed by atoms with van der Waals surface area (Å²) < 4.78 is 4.49. The molecule has 1 amide bonds. The fourth-order valence-electron chi connectivity index (χ4n) is 1.87. The molecule has 1 aliphatic heterocycles. The first-order valence-corrected chi connectivity index (χ1v) is 6.62. The van der Waals surface area contributed by atoms with Crippen molar-refractivity contribution in [1.82, 2.24) is 9.80 Å². The molecule has 0 unspecified atom stereocenters. The molecule has 0 N–H and O–H groups in total. The monoisotopic (exact) mass is 266 g/mol. The summed E-state index contributed by atoms with van der Waals surface area (Å²) in [5.74, 6) is 5.63. The van der Waals surface area contributed by atoms with Crippen LogP contribution in [0.25, 0.3) is 0 Å². The third-order valence-corrected chi connectivity index (χ3v) is 3.14. The number of rotatable bonds is 5. The summed E-state index contributed by atoms with van der Waals surface area (Å²) in [4.78, 5) is 26.4. The third kappa shape index (κ3) is 6.25. The maximum atomic E-state index is 11.7. The molecule has 1 rings (SSSR count). The van der Waals surface area contributed by atoms with E-state index >= 15 is 0 Å². The zero-order valence-corrected chi connectivity index (χ0v) is 11.8. The van der Waals surface area contributed by atoms with Crippen LogP contribution in [0.5, 0.6) is 0 Å². The second kappa shape index (κ2) is 8.54. The molecule has 0 aromatic heterocycles. The van der Waals surface area contributed by atoms with Gasteiger partial charge in [-0.3, -0.25) is 14.5 Å². The Hall–Kier alpha value is -1.54. The van der Waals surface area contributed by atoms with E-state index in [0.29, 0.717) is 6.54 Å². The smallest absolute Gasteiger partial charge is 0.306 e. The normalized spacial score (nSPS) is 14.6. The minimum absolute atomic E-state index is 0.0825. The Morgan fingerprint density at radius 3 is 2.53 bits per heavy atom. The fraction of sp³-hybridized carbons (Fsp3) is 0.714. The predicted octanol–water partition coefficient (Wildman–Crippen LogP) is 0.497. The molecule has 106 valence electrons. The first-order valence-electron chi connectivity index (χ1n) is 6.62. The Morgan fingerprint density at radius 1 is 1.21 bits per heavy atom. The number of carbonyl (C=O) groups excluding carboxylic acids is 2. The minimum atomic E-state index is -0.359. The molecule has 0 atom stereocenters. The van der Waals surface area contributed by atoms with Crippen LogP contribution in [-0.2, 0) is 14.3 Å². The van der Waals surface area contributed by atoms with Crippen molar-refractivity contribution < 1.29 is 14.3 Å². The lowest BCUT2D eigenvalue weighted by Gasteiger charge is -2.13. The Balaban J connectivity index is 2.18. The van der Waals surface area contributed by atoms with Gasteiger partial charge in [-0.05, 0) is 25.9 Å². The SMILES string of the molecule is COC(=O)CCC(=O)N(C)CC#CCN1CCCC1. The molecule has 0 aromatic carbocycles. The zero-order valence-electron chi connectivity index (χ0n) is 11.8. The van der Waals surface area contributed by atoms with Crippen LogP contribution >= 0.6 is 0 Å². The highest BCUT2D eigenvalue weighted by molar-refractivity contribution is 5.81. The molecule has 1 heterocycles. The van der Waals surface area contributed by atoms with E-state index in [0.717, 1.165) is 19.6 Å². The number of hydrogen-bond acceptors (Lipinski definition) is 4. The van der Waals surface area contributed by atoms with E-state index in [1.165, 1.54) is 20.0 Å². The molecule has 0 spiro atoms. The number of nitrogens with zero attached hydrogens (tertiary/aromatic N) is 2. The summed E-state index contributed by atoms with van der Waals surface area (Å²) in [6.45, 7) is 3.45. The fourth-order valence-corrected chi connectivity index (χ4v) is 1.87. The van der Waals surface area contributed by atoms with Gasteiger partial charge in [0.1, 0.15) is 0 Å². The third-order valence-electron chi connectivity index (χ3n) is 3.14. The molecule has 1 saturated heterocycles. The highest BCUT2D eigenvalue weighted by atomic mass is 16.5. The van der Waals surface area contributed by atoms with Crippen molar-refractivity contribution in [3.63, 3.8) is 0 Å². The molecule has 0 radical (unpaired) electrons. The second-order valence-corrected chi connectivity index (χ2v) is 4.66. The average Bonchev–Trinajstić information content (AvgIpc) is 2.93. The van der Waals surface area contributed by atoms with Crippen molar-refractivity contribution in [3.8, 4) is 11.8 Å². The van der Waals surface area contributed by atoms with E-state index in [2.05, 4.69) is 21.5 Å². The lowest BCUT2D eigenvalue weighted by Crippen LogP contribution is -2.27. The quantitative estimate of drug-likeness (QED) is 0.537. The van der Waals surface area contributed by atoms with Gasteiger partial charge in [0.2, 0.25) is 5.91 Å². The largest absolute Gasteiger partial charge is 0.469 e. The number of hydrogen-bond donors (Lipinski definition) is 0. The van der Waals surface area contributed by atoms with Crippen molar-refractivity contribution in [3.05, 3.63) is 0 Å². The van der Waals surface area contributed by atoms with Crippen LogP contribution in [0.15, 0.2) is 0 Å². The van der Waals surface area contributed by atoms with Gasteiger partial charge in [0.05, 0.1) is 26.6 Å². The standard InChI is InChI=1S/C14H22N2O3/c1-15(13(17)7-8-14(18)19-2)9-3-4-10-16-11-5-6-12-16/h5-12H2,1-2H3. The molecule has 5 heteroatoms. The average molecular weight is 266 g/mol. The predicted molar refractivity (Wildman–Crippen MR) is 72.3 cm³/mol. The number of esters is 1. The first kappa shape index (κ1) is 15.5. The molecular formula is C14H22N2O3. The summed E-state index contributed by atoms with van der Waals surface area (Å²) >= 11 is 0. The summed E-state index contributed by atoms with van der Waals surface area (Å²) in [5, 5.41) is 0. The molecule has 19 heavy (non-hydrogen) atoms. The minimum Gasteiger partial charge on any atom is -0.469 e. The summed E-state index contributed by atoms with van der Waals surface area (Å²) in [6, 6.07) is 0. The maximum absolute atomic E-state index is 11.7. The zero-order chi connectivity index (χ0) is 14.1. The summed E-state index contributed by atoms with van der Waals surface area (Å²) in [6.07, 6.45) is 2.82. The van der Waals surface area contributed by atoms with Gasteiger partial charge >= 0.3 is 5.97 Å². The molecule has 0 bridgehead atoms. The molecule has 0 aliphatic carbocycles. The second-order valence-electron chi connectivity index (χ2n) is 4.66. The van der Waals surface area contributed by atoms with Gasteiger partial charge < -0.3 is 9.64 Å². The van der Waals surface area contributed by atoms with Gasteiger partial charge in [0, 0.05) is 13.5 Å². The van der Waals surface area contributed by atoms with Crippen LogP contribution < -0.4 is 0 Å². The number of carbonyl (C=O) groups is 2. The Bertz CT molecular complexity index is 365. The molecule has 1 aliphatic rings. The number of likely N-dealkylation sites (tertiary alicyclic amines) is 1. The van der Waals surface area contributed by atoms with E-state index < -0.39 is 0 Å².